The number of hydrogen-bond acceptors (Lipinski definition) is 4. The molecule has 1 saturated heterocycles. The van der Waals surface area contributed by atoms with E-state index < -0.39 is 5.60 Å². The van der Waals surface area contributed by atoms with Gasteiger partial charge in [-0.3, -0.25) is 0 Å². The summed E-state index contributed by atoms with van der Waals surface area (Å²) in [5.74, 6) is 0. The standard InChI is InChI=1S/C17H19N3OS2/c1-17(2)10-8-9(4-5-11(10)19-16(22)21-17)12-6-7-13(20(12)3)14-15(18)23-14/h4-8,14-15H,18H2,1-3H3,(H,19,22). The number of rotatable bonds is 2. The lowest BCUT2D eigenvalue weighted by Crippen LogP contribution is -2.34. The van der Waals surface area contributed by atoms with E-state index in [4.69, 9.17) is 22.7 Å². The first kappa shape index (κ1) is 15.1. The summed E-state index contributed by atoms with van der Waals surface area (Å²) in [5.41, 5.74) is 11.3. The molecule has 1 fully saturated rings. The number of benzene rings is 1. The average molecular weight is 345 g/mol. The van der Waals surface area contributed by atoms with Gasteiger partial charge >= 0.3 is 0 Å². The monoisotopic (exact) mass is 345 g/mol. The van der Waals surface area contributed by atoms with Crippen LogP contribution in [0.25, 0.3) is 11.3 Å². The second kappa shape index (κ2) is 5.00. The van der Waals surface area contributed by atoms with Gasteiger partial charge in [-0.1, -0.05) is 6.07 Å². The zero-order valence-corrected chi connectivity index (χ0v) is 14.9. The molecule has 2 unspecified atom stereocenters. The summed E-state index contributed by atoms with van der Waals surface area (Å²) in [5, 5.41) is 4.21. The van der Waals surface area contributed by atoms with Gasteiger partial charge in [0, 0.05) is 29.7 Å². The van der Waals surface area contributed by atoms with Crippen molar-refractivity contribution < 1.29 is 4.74 Å². The van der Waals surface area contributed by atoms with E-state index in [1.165, 1.54) is 17.0 Å². The van der Waals surface area contributed by atoms with Crippen LogP contribution in [0.5, 0.6) is 0 Å². The van der Waals surface area contributed by atoms with E-state index in [0.29, 0.717) is 10.4 Å². The molecule has 2 aliphatic heterocycles. The highest BCUT2D eigenvalue weighted by atomic mass is 32.2. The minimum Gasteiger partial charge on any atom is -0.460 e. The van der Waals surface area contributed by atoms with Crippen molar-refractivity contribution in [2.45, 2.75) is 30.1 Å². The highest BCUT2D eigenvalue weighted by molar-refractivity contribution is 8.07. The first-order chi connectivity index (χ1) is 10.9. The largest absolute Gasteiger partial charge is 0.460 e. The SMILES string of the molecule is Cn1c(-c2ccc3c(c2)C(C)(C)OC(=S)N3)ccc1C1SC1N. The number of nitrogens with zero attached hydrogens (tertiary/aromatic N) is 1. The number of nitrogens with two attached hydrogens (primary N) is 1. The number of anilines is 1. The molecule has 4 rings (SSSR count). The molecule has 3 N–H and O–H groups in total. The van der Waals surface area contributed by atoms with Crippen molar-refractivity contribution in [3.63, 3.8) is 0 Å². The van der Waals surface area contributed by atoms with Crippen LogP contribution < -0.4 is 11.1 Å². The van der Waals surface area contributed by atoms with Gasteiger partial charge in [-0.15, -0.1) is 11.8 Å². The quantitative estimate of drug-likeness (QED) is 0.642. The molecule has 6 heteroatoms. The lowest BCUT2D eigenvalue weighted by atomic mass is 9.92. The summed E-state index contributed by atoms with van der Waals surface area (Å²) >= 11 is 6.98. The van der Waals surface area contributed by atoms with E-state index in [1.807, 2.05) is 13.8 Å². The summed E-state index contributed by atoms with van der Waals surface area (Å²) in [6, 6.07) is 10.7. The van der Waals surface area contributed by atoms with E-state index in [1.54, 1.807) is 11.8 Å². The van der Waals surface area contributed by atoms with Crippen LogP contribution in [0.15, 0.2) is 30.3 Å². The first-order valence-corrected chi connectivity index (χ1v) is 8.93. The predicted molar refractivity (Wildman–Crippen MR) is 99.5 cm³/mol. The van der Waals surface area contributed by atoms with Crippen molar-refractivity contribution in [2.75, 3.05) is 5.32 Å². The molecular weight excluding hydrogens is 326 g/mol. The number of thiocarbonyl (C=S) groups is 1. The van der Waals surface area contributed by atoms with Crippen LogP contribution in [0.1, 0.15) is 30.4 Å². The maximum Gasteiger partial charge on any atom is 0.262 e. The Kier molecular flexibility index (Phi) is 3.27. The Morgan fingerprint density at radius 2 is 2.04 bits per heavy atom. The molecule has 0 spiro atoms. The van der Waals surface area contributed by atoms with E-state index >= 15 is 0 Å². The van der Waals surface area contributed by atoms with Crippen molar-refractivity contribution >= 4 is 34.8 Å². The minimum absolute atomic E-state index is 0.234. The zero-order valence-electron chi connectivity index (χ0n) is 13.3. The smallest absolute Gasteiger partial charge is 0.262 e. The van der Waals surface area contributed by atoms with Crippen molar-refractivity contribution in [1.29, 1.82) is 0 Å². The van der Waals surface area contributed by atoms with Gasteiger partial charge in [-0.25, -0.2) is 0 Å². The predicted octanol–water partition coefficient (Wildman–Crippen LogP) is 3.73. The molecule has 0 aliphatic carbocycles. The number of nitrogens with one attached hydrogen (secondary N) is 1. The van der Waals surface area contributed by atoms with Crippen molar-refractivity contribution in [3.05, 3.63) is 41.6 Å². The number of thioether (sulfide) groups is 1. The molecule has 2 atom stereocenters. The zero-order chi connectivity index (χ0) is 16.4. The summed E-state index contributed by atoms with van der Waals surface area (Å²) in [7, 11) is 2.10. The van der Waals surface area contributed by atoms with Crippen LogP contribution in [-0.2, 0) is 17.4 Å². The van der Waals surface area contributed by atoms with Crippen molar-refractivity contribution in [3.8, 4) is 11.3 Å². The van der Waals surface area contributed by atoms with Crippen LogP contribution in [-0.4, -0.2) is 15.1 Å². The molecule has 0 radical (unpaired) electrons. The second-order valence-corrected chi connectivity index (χ2v) is 8.20. The molecule has 4 nitrogen and oxygen atoms in total. The highest BCUT2D eigenvalue weighted by Gasteiger charge is 2.38. The Morgan fingerprint density at radius 3 is 2.74 bits per heavy atom. The average Bonchev–Trinajstić information content (AvgIpc) is 3.06. The lowest BCUT2D eigenvalue weighted by Gasteiger charge is -2.34. The fourth-order valence-corrected chi connectivity index (χ4v) is 4.28. The summed E-state index contributed by atoms with van der Waals surface area (Å²) < 4.78 is 8.02. The summed E-state index contributed by atoms with van der Waals surface area (Å²) in [6.07, 6.45) is 0. The molecular formula is C17H19N3OS2. The van der Waals surface area contributed by atoms with Crippen LogP contribution >= 0.6 is 24.0 Å². The molecule has 3 heterocycles. The molecule has 23 heavy (non-hydrogen) atoms. The number of fused-ring (bicyclic) bond motifs is 1. The first-order valence-electron chi connectivity index (χ1n) is 7.58. The topological polar surface area (TPSA) is 52.2 Å². The van der Waals surface area contributed by atoms with Crippen molar-refractivity contribution in [1.82, 2.24) is 4.57 Å². The molecule has 0 amide bonds. The van der Waals surface area contributed by atoms with Gasteiger partial charge in [0.25, 0.3) is 5.17 Å². The molecule has 1 aromatic heterocycles. The Bertz CT molecular complexity index is 812. The third kappa shape index (κ3) is 2.45. The molecule has 0 bridgehead atoms. The van der Waals surface area contributed by atoms with Gasteiger partial charge in [-0.05, 0) is 55.9 Å². The second-order valence-electron chi connectivity index (χ2n) is 6.51. The van der Waals surface area contributed by atoms with E-state index in [9.17, 15) is 0 Å². The lowest BCUT2D eigenvalue weighted by molar-refractivity contribution is 0.0947. The third-order valence-electron chi connectivity index (χ3n) is 4.53. The van der Waals surface area contributed by atoms with E-state index in [0.717, 1.165) is 11.3 Å². The van der Waals surface area contributed by atoms with Gasteiger partial charge < -0.3 is 20.4 Å². The highest BCUT2D eigenvalue weighted by Crippen LogP contribution is 2.52. The minimum atomic E-state index is -0.434. The van der Waals surface area contributed by atoms with Gasteiger partial charge in [-0.2, -0.15) is 0 Å². The van der Waals surface area contributed by atoms with Gasteiger partial charge in [0.2, 0.25) is 0 Å². The van der Waals surface area contributed by atoms with Gasteiger partial charge in [0.05, 0.1) is 10.6 Å². The molecule has 120 valence electrons. The van der Waals surface area contributed by atoms with Gasteiger partial charge in [0.1, 0.15) is 5.60 Å². The molecule has 0 saturated carbocycles. The number of aromatic nitrogens is 1. The summed E-state index contributed by atoms with van der Waals surface area (Å²) in [4.78, 5) is 0. The van der Waals surface area contributed by atoms with E-state index in [2.05, 4.69) is 47.3 Å². The van der Waals surface area contributed by atoms with E-state index in [-0.39, 0.29) is 5.37 Å². The molecule has 2 aromatic rings. The van der Waals surface area contributed by atoms with Crippen LogP contribution in [0, 0.1) is 0 Å². The Balaban J connectivity index is 1.77. The van der Waals surface area contributed by atoms with Crippen molar-refractivity contribution in [2.24, 2.45) is 12.8 Å². The maximum absolute atomic E-state index is 5.97. The normalized spacial score (nSPS) is 24.6. The number of ether oxygens (including phenoxy) is 1. The number of hydrogen-bond donors (Lipinski definition) is 2. The Hall–Kier alpha value is -1.50. The Morgan fingerprint density at radius 1 is 1.30 bits per heavy atom. The molecule has 1 aromatic carbocycles. The Labute approximate surface area is 145 Å². The van der Waals surface area contributed by atoms with Crippen LogP contribution in [0.4, 0.5) is 5.69 Å². The van der Waals surface area contributed by atoms with Crippen LogP contribution in [0.3, 0.4) is 0 Å². The van der Waals surface area contributed by atoms with Gasteiger partial charge in [0.15, 0.2) is 0 Å². The molecule has 2 aliphatic rings. The maximum atomic E-state index is 5.97. The van der Waals surface area contributed by atoms with Crippen LogP contribution in [0.2, 0.25) is 0 Å². The summed E-state index contributed by atoms with van der Waals surface area (Å²) in [6.45, 7) is 4.08. The fraction of sp³-hybridized carbons (Fsp3) is 0.353. The third-order valence-corrected chi connectivity index (χ3v) is 5.81. The fourth-order valence-electron chi connectivity index (χ4n) is 3.20.